The van der Waals surface area contributed by atoms with Crippen molar-refractivity contribution >= 4 is 23.0 Å². The minimum Gasteiger partial charge on any atom is -0.493 e. The molecule has 3 rings (SSSR count). The van der Waals surface area contributed by atoms with E-state index in [-0.39, 0.29) is 6.04 Å². The van der Waals surface area contributed by atoms with E-state index in [1.807, 2.05) is 48.5 Å². The van der Waals surface area contributed by atoms with Crippen molar-refractivity contribution in [2.75, 3.05) is 19.5 Å². The molecule has 1 atom stereocenters. The van der Waals surface area contributed by atoms with Gasteiger partial charge in [-0.3, -0.25) is 0 Å². The van der Waals surface area contributed by atoms with Crippen LogP contribution in [0.25, 0.3) is 0 Å². The number of ether oxygens (including phenoxy) is 2. The van der Waals surface area contributed by atoms with Crippen molar-refractivity contribution in [1.82, 2.24) is 5.32 Å². The van der Waals surface area contributed by atoms with Gasteiger partial charge < -0.3 is 20.1 Å². The first-order valence-corrected chi connectivity index (χ1v) is 9.43. The van der Waals surface area contributed by atoms with E-state index in [1.54, 1.807) is 14.2 Å². The van der Waals surface area contributed by atoms with Crippen LogP contribution in [0.15, 0.2) is 72.8 Å². The monoisotopic (exact) mass is 392 g/mol. The predicted octanol–water partition coefficient (Wildman–Crippen LogP) is 5.09. The average molecular weight is 393 g/mol. The van der Waals surface area contributed by atoms with Crippen molar-refractivity contribution in [3.8, 4) is 11.5 Å². The number of hydrogen-bond donors (Lipinski definition) is 2. The molecule has 3 aromatic carbocycles. The maximum atomic E-state index is 5.60. The third kappa shape index (κ3) is 4.61. The molecular weight excluding hydrogens is 368 g/mol. The van der Waals surface area contributed by atoms with E-state index >= 15 is 0 Å². The van der Waals surface area contributed by atoms with Gasteiger partial charge in [0.2, 0.25) is 0 Å². The Morgan fingerprint density at radius 2 is 1.54 bits per heavy atom. The van der Waals surface area contributed by atoms with Crippen LogP contribution in [0.5, 0.6) is 11.5 Å². The second kappa shape index (κ2) is 9.24. The summed E-state index contributed by atoms with van der Waals surface area (Å²) in [7, 11) is 3.23. The number of methoxy groups -OCH3 is 2. The molecule has 0 spiro atoms. The molecule has 2 N–H and O–H groups in total. The van der Waals surface area contributed by atoms with Gasteiger partial charge >= 0.3 is 0 Å². The molecule has 0 radical (unpaired) electrons. The quantitative estimate of drug-likeness (QED) is 0.572. The largest absolute Gasteiger partial charge is 0.493 e. The second-order valence-electron chi connectivity index (χ2n) is 6.37. The van der Waals surface area contributed by atoms with E-state index in [0.717, 1.165) is 11.3 Å². The van der Waals surface area contributed by atoms with Crippen molar-refractivity contribution in [2.24, 2.45) is 0 Å². The molecular formula is C23H24N2O2S. The summed E-state index contributed by atoms with van der Waals surface area (Å²) in [4.78, 5) is 0. The number of rotatable bonds is 6. The topological polar surface area (TPSA) is 42.5 Å². The van der Waals surface area contributed by atoms with Gasteiger partial charge in [-0.15, -0.1) is 0 Å². The molecule has 0 aromatic heterocycles. The van der Waals surface area contributed by atoms with Crippen molar-refractivity contribution in [1.29, 1.82) is 0 Å². The molecule has 144 valence electrons. The molecule has 0 saturated carbocycles. The molecule has 4 nitrogen and oxygen atoms in total. The summed E-state index contributed by atoms with van der Waals surface area (Å²) in [5.41, 5.74) is 4.36. The predicted molar refractivity (Wildman–Crippen MR) is 118 cm³/mol. The van der Waals surface area contributed by atoms with Crippen LogP contribution in [0, 0.1) is 6.92 Å². The number of nitrogens with one attached hydrogen (secondary N) is 2. The van der Waals surface area contributed by atoms with Crippen LogP contribution in [-0.4, -0.2) is 19.3 Å². The van der Waals surface area contributed by atoms with Gasteiger partial charge in [-0.1, -0.05) is 54.6 Å². The summed E-state index contributed by atoms with van der Waals surface area (Å²) in [6.45, 7) is 2.11. The summed E-state index contributed by atoms with van der Waals surface area (Å²) < 4.78 is 10.7. The summed E-state index contributed by atoms with van der Waals surface area (Å²) >= 11 is 5.60. The lowest BCUT2D eigenvalue weighted by molar-refractivity contribution is 0.355. The Labute approximate surface area is 171 Å². The molecule has 1 unspecified atom stereocenters. The number of aryl methyl sites for hydroxylation is 1. The number of benzene rings is 3. The van der Waals surface area contributed by atoms with Gasteiger partial charge in [0.25, 0.3) is 0 Å². The van der Waals surface area contributed by atoms with Crippen LogP contribution in [-0.2, 0) is 0 Å². The molecule has 0 fully saturated rings. The van der Waals surface area contributed by atoms with Crippen molar-refractivity contribution in [3.63, 3.8) is 0 Å². The fourth-order valence-corrected chi connectivity index (χ4v) is 3.34. The maximum absolute atomic E-state index is 5.60. The van der Waals surface area contributed by atoms with Gasteiger partial charge in [0.1, 0.15) is 0 Å². The lowest BCUT2D eigenvalue weighted by atomic mass is 9.95. The normalized spacial score (nSPS) is 11.4. The van der Waals surface area contributed by atoms with Crippen LogP contribution in [0.2, 0.25) is 0 Å². The first-order chi connectivity index (χ1) is 13.6. The van der Waals surface area contributed by atoms with Crippen molar-refractivity contribution in [2.45, 2.75) is 13.0 Å². The molecule has 0 aliphatic rings. The fraction of sp³-hybridized carbons (Fsp3) is 0.174. The van der Waals surface area contributed by atoms with E-state index in [1.165, 1.54) is 11.1 Å². The molecule has 0 amide bonds. The molecule has 28 heavy (non-hydrogen) atoms. The molecule has 5 heteroatoms. The highest BCUT2D eigenvalue weighted by molar-refractivity contribution is 7.80. The lowest BCUT2D eigenvalue weighted by Crippen LogP contribution is -2.33. The van der Waals surface area contributed by atoms with Gasteiger partial charge in [0.15, 0.2) is 16.6 Å². The fourth-order valence-electron chi connectivity index (χ4n) is 3.11. The maximum Gasteiger partial charge on any atom is 0.171 e. The Morgan fingerprint density at radius 1 is 0.857 bits per heavy atom. The summed E-state index contributed by atoms with van der Waals surface area (Å²) in [6.07, 6.45) is 0. The smallest absolute Gasteiger partial charge is 0.171 e. The van der Waals surface area contributed by atoms with E-state index < -0.39 is 0 Å². The standard InChI is InChI=1S/C23H24N2O2S/c1-16-9-7-8-12-19(16)22(17-10-5-4-6-11-17)25-23(28)24-18-13-14-20(26-2)21(15-18)27-3/h4-15,22H,1-3H3,(H2,24,25,28). The van der Waals surface area contributed by atoms with Crippen LogP contribution in [0.3, 0.4) is 0 Å². The zero-order valence-corrected chi connectivity index (χ0v) is 17.0. The summed E-state index contributed by atoms with van der Waals surface area (Å²) in [5.74, 6) is 1.32. The van der Waals surface area contributed by atoms with E-state index in [2.05, 4.69) is 41.8 Å². The minimum atomic E-state index is -0.0532. The van der Waals surface area contributed by atoms with Crippen molar-refractivity contribution < 1.29 is 9.47 Å². The Balaban J connectivity index is 1.83. The third-order valence-corrected chi connectivity index (χ3v) is 4.77. The van der Waals surface area contributed by atoms with Gasteiger partial charge in [-0.2, -0.15) is 0 Å². The van der Waals surface area contributed by atoms with E-state index in [9.17, 15) is 0 Å². The third-order valence-electron chi connectivity index (χ3n) is 4.55. The molecule has 0 bridgehead atoms. The van der Waals surface area contributed by atoms with Gasteiger partial charge in [0.05, 0.1) is 20.3 Å². The number of hydrogen-bond acceptors (Lipinski definition) is 3. The Hall–Kier alpha value is -3.05. The van der Waals surface area contributed by atoms with E-state index in [4.69, 9.17) is 21.7 Å². The number of anilines is 1. The molecule has 0 aliphatic carbocycles. The van der Waals surface area contributed by atoms with Crippen LogP contribution in [0.4, 0.5) is 5.69 Å². The van der Waals surface area contributed by atoms with Crippen LogP contribution in [0.1, 0.15) is 22.7 Å². The van der Waals surface area contributed by atoms with Gasteiger partial charge in [-0.25, -0.2) is 0 Å². The second-order valence-corrected chi connectivity index (χ2v) is 6.78. The molecule has 0 saturated heterocycles. The average Bonchev–Trinajstić information content (AvgIpc) is 2.73. The highest BCUT2D eigenvalue weighted by atomic mass is 32.1. The molecule has 3 aromatic rings. The Kier molecular flexibility index (Phi) is 6.50. The number of thiocarbonyl (C=S) groups is 1. The summed E-state index contributed by atoms with van der Waals surface area (Å²) in [6, 6.07) is 24.2. The lowest BCUT2D eigenvalue weighted by Gasteiger charge is -2.23. The Morgan fingerprint density at radius 3 is 2.21 bits per heavy atom. The SMILES string of the molecule is COc1ccc(NC(=S)NC(c2ccccc2)c2ccccc2C)cc1OC. The van der Waals surface area contributed by atoms with Gasteiger partial charge in [0, 0.05) is 11.8 Å². The highest BCUT2D eigenvalue weighted by Crippen LogP contribution is 2.30. The first-order valence-electron chi connectivity index (χ1n) is 9.02. The first kappa shape index (κ1) is 19.7. The Bertz CT molecular complexity index is 944. The van der Waals surface area contributed by atoms with Crippen LogP contribution >= 0.6 is 12.2 Å². The van der Waals surface area contributed by atoms with E-state index in [0.29, 0.717) is 16.6 Å². The van der Waals surface area contributed by atoms with Crippen LogP contribution < -0.4 is 20.1 Å². The minimum absolute atomic E-state index is 0.0532. The van der Waals surface area contributed by atoms with Crippen molar-refractivity contribution in [3.05, 3.63) is 89.5 Å². The molecule has 0 aliphatic heterocycles. The zero-order chi connectivity index (χ0) is 19.9. The summed E-state index contributed by atoms with van der Waals surface area (Å²) in [5, 5.41) is 7.23. The zero-order valence-electron chi connectivity index (χ0n) is 16.2. The molecule has 0 heterocycles. The highest BCUT2D eigenvalue weighted by Gasteiger charge is 2.17. The van der Waals surface area contributed by atoms with Gasteiger partial charge in [-0.05, 0) is 48.0 Å².